The van der Waals surface area contributed by atoms with Gasteiger partial charge in [0.1, 0.15) is 18.1 Å². The van der Waals surface area contributed by atoms with E-state index in [1.807, 2.05) is 20.8 Å². The Morgan fingerprint density at radius 2 is 1.38 bits per heavy atom. The summed E-state index contributed by atoms with van der Waals surface area (Å²) >= 11 is 0. The summed E-state index contributed by atoms with van der Waals surface area (Å²) in [4.78, 5) is 66.0. The molecule has 0 aromatic rings. The molecule has 3 rings (SSSR count). The van der Waals surface area contributed by atoms with Crippen LogP contribution in [0, 0.1) is 17.3 Å². The van der Waals surface area contributed by atoms with Gasteiger partial charge in [0.25, 0.3) is 0 Å². The van der Waals surface area contributed by atoms with Crippen LogP contribution in [0.4, 0.5) is 0 Å². The minimum absolute atomic E-state index is 0.0163. The maximum Gasteiger partial charge on any atom is 0.243 e. The third-order valence-electron chi connectivity index (χ3n) is 8.36. The fourth-order valence-corrected chi connectivity index (χ4v) is 5.95. The van der Waals surface area contributed by atoms with Crippen LogP contribution in [0.2, 0.25) is 0 Å². The van der Waals surface area contributed by atoms with E-state index in [1.165, 1.54) is 4.90 Å². The van der Waals surface area contributed by atoms with Gasteiger partial charge in [0.05, 0.1) is 12.6 Å². The average molecular weight is 520 g/mol. The molecule has 1 saturated heterocycles. The standard InChI is InChI=1S/C27H45N5O5/c1-27(2,3)22(28)26(37)32-15-18(33)14-19(32)24(35)31-21(17-12-8-5-9-13-17)25(36)30-20(23(29)34)16-10-6-4-7-11-16/h16-17,19-22H,4-15,28H2,1-3H3,(H2,29,34)(H,30,36)(H,31,35)/t19-,20?,21?,22?/m0/s1. The second-order valence-corrected chi connectivity index (χ2v) is 12.2. The Balaban J connectivity index is 1.78. The van der Waals surface area contributed by atoms with Gasteiger partial charge < -0.3 is 27.0 Å². The maximum absolute atomic E-state index is 13.6. The molecule has 6 N–H and O–H groups in total. The van der Waals surface area contributed by atoms with Crippen molar-refractivity contribution in [2.45, 2.75) is 116 Å². The molecule has 0 radical (unpaired) electrons. The highest BCUT2D eigenvalue weighted by Crippen LogP contribution is 2.30. The molecule has 2 aliphatic carbocycles. The van der Waals surface area contributed by atoms with Crippen LogP contribution in [-0.2, 0) is 24.0 Å². The van der Waals surface area contributed by atoms with Gasteiger partial charge in [0.15, 0.2) is 5.78 Å². The van der Waals surface area contributed by atoms with E-state index >= 15 is 0 Å². The van der Waals surface area contributed by atoms with Crippen molar-refractivity contribution in [2.24, 2.45) is 28.7 Å². The molecule has 0 aromatic heterocycles. The first kappa shape index (κ1) is 29.1. The van der Waals surface area contributed by atoms with Crippen LogP contribution in [-0.4, -0.2) is 65.0 Å². The van der Waals surface area contributed by atoms with Crippen LogP contribution in [0.3, 0.4) is 0 Å². The number of primary amides is 1. The van der Waals surface area contributed by atoms with E-state index in [9.17, 15) is 24.0 Å². The molecule has 10 heteroatoms. The van der Waals surface area contributed by atoms with Gasteiger partial charge in [-0.05, 0) is 42.9 Å². The predicted octanol–water partition coefficient (Wildman–Crippen LogP) is 1.15. The molecule has 10 nitrogen and oxygen atoms in total. The van der Waals surface area contributed by atoms with Crippen molar-refractivity contribution in [1.82, 2.24) is 15.5 Å². The Bertz CT molecular complexity index is 873. The SMILES string of the molecule is CC(C)(C)C(N)C(=O)N1CC(=O)C[C@H]1C(=O)NC(C(=O)NC(C(N)=O)C1CCCCC1)C1CCCCC1. The average Bonchev–Trinajstić information content (AvgIpc) is 3.26. The molecule has 3 unspecified atom stereocenters. The molecule has 3 aliphatic rings. The van der Waals surface area contributed by atoms with Crippen LogP contribution in [0.25, 0.3) is 0 Å². The topological polar surface area (TPSA) is 165 Å². The van der Waals surface area contributed by atoms with Gasteiger partial charge in [-0.3, -0.25) is 24.0 Å². The van der Waals surface area contributed by atoms with Crippen molar-refractivity contribution in [3.8, 4) is 0 Å². The number of nitrogens with one attached hydrogen (secondary N) is 2. The van der Waals surface area contributed by atoms with Gasteiger partial charge in [-0.25, -0.2) is 0 Å². The van der Waals surface area contributed by atoms with Gasteiger partial charge in [-0.2, -0.15) is 0 Å². The zero-order chi connectivity index (χ0) is 27.3. The number of nitrogens with two attached hydrogens (primary N) is 2. The smallest absolute Gasteiger partial charge is 0.243 e. The summed E-state index contributed by atoms with van der Waals surface area (Å²) < 4.78 is 0. The lowest BCUT2D eigenvalue weighted by molar-refractivity contribution is -0.142. The molecule has 1 aliphatic heterocycles. The maximum atomic E-state index is 13.6. The number of carbonyl (C=O) groups is 5. The molecule has 0 spiro atoms. The van der Waals surface area contributed by atoms with Crippen LogP contribution in [0.15, 0.2) is 0 Å². The second-order valence-electron chi connectivity index (χ2n) is 12.2. The van der Waals surface area contributed by atoms with Gasteiger partial charge in [-0.15, -0.1) is 0 Å². The summed E-state index contributed by atoms with van der Waals surface area (Å²) in [5, 5.41) is 5.73. The van der Waals surface area contributed by atoms with E-state index in [2.05, 4.69) is 10.6 Å². The molecule has 37 heavy (non-hydrogen) atoms. The number of carbonyl (C=O) groups excluding carboxylic acids is 5. The number of rotatable bonds is 8. The Morgan fingerprint density at radius 3 is 1.86 bits per heavy atom. The highest BCUT2D eigenvalue weighted by atomic mass is 16.2. The van der Waals surface area contributed by atoms with E-state index in [1.54, 1.807) is 0 Å². The van der Waals surface area contributed by atoms with Gasteiger partial charge >= 0.3 is 0 Å². The number of Topliss-reactive ketones (excluding diaryl/α,β-unsaturated/α-hetero) is 1. The summed E-state index contributed by atoms with van der Waals surface area (Å²) in [6.07, 6.45) is 9.10. The molecule has 3 fully saturated rings. The number of hydrogen-bond acceptors (Lipinski definition) is 6. The molecule has 2 saturated carbocycles. The number of amides is 4. The monoisotopic (exact) mass is 519 g/mol. The zero-order valence-corrected chi connectivity index (χ0v) is 22.6. The van der Waals surface area contributed by atoms with Crippen molar-refractivity contribution in [3.05, 3.63) is 0 Å². The first-order valence-corrected chi connectivity index (χ1v) is 13.9. The summed E-state index contributed by atoms with van der Waals surface area (Å²) in [7, 11) is 0. The van der Waals surface area contributed by atoms with Crippen molar-refractivity contribution in [3.63, 3.8) is 0 Å². The van der Waals surface area contributed by atoms with Gasteiger partial charge in [-0.1, -0.05) is 59.3 Å². The Hall–Kier alpha value is -2.49. The quantitative estimate of drug-likeness (QED) is 0.375. The molecule has 1 heterocycles. The highest BCUT2D eigenvalue weighted by molar-refractivity contribution is 6.01. The van der Waals surface area contributed by atoms with Gasteiger partial charge in [0.2, 0.25) is 23.6 Å². The van der Waals surface area contributed by atoms with Crippen molar-refractivity contribution in [1.29, 1.82) is 0 Å². The van der Waals surface area contributed by atoms with E-state index in [4.69, 9.17) is 11.5 Å². The summed E-state index contributed by atoms with van der Waals surface area (Å²) in [6.45, 7) is 5.31. The fourth-order valence-electron chi connectivity index (χ4n) is 5.95. The largest absolute Gasteiger partial charge is 0.368 e. The van der Waals surface area contributed by atoms with E-state index in [0.29, 0.717) is 0 Å². The molecule has 208 valence electrons. The van der Waals surface area contributed by atoms with Crippen molar-refractivity contribution in [2.75, 3.05) is 6.54 Å². The van der Waals surface area contributed by atoms with Crippen molar-refractivity contribution >= 4 is 29.4 Å². The first-order chi connectivity index (χ1) is 17.4. The van der Waals surface area contributed by atoms with E-state index in [-0.39, 0.29) is 30.6 Å². The minimum atomic E-state index is -1.02. The van der Waals surface area contributed by atoms with Crippen LogP contribution < -0.4 is 22.1 Å². The van der Waals surface area contributed by atoms with Crippen LogP contribution >= 0.6 is 0 Å². The van der Waals surface area contributed by atoms with E-state index < -0.39 is 53.2 Å². The summed E-state index contributed by atoms with van der Waals surface area (Å²) in [5.41, 5.74) is 11.3. The van der Waals surface area contributed by atoms with Gasteiger partial charge in [0, 0.05) is 6.42 Å². The number of ketones is 1. The molecule has 0 bridgehead atoms. The lowest BCUT2D eigenvalue weighted by atomic mass is 9.81. The molecule has 4 amide bonds. The Labute approximate surface area is 220 Å². The number of nitrogens with zero attached hydrogens (tertiary/aromatic N) is 1. The summed E-state index contributed by atoms with van der Waals surface area (Å²) in [5.74, 6) is -2.33. The molecular weight excluding hydrogens is 474 g/mol. The predicted molar refractivity (Wildman–Crippen MR) is 139 cm³/mol. The second kappa shape index (κ2) is 12.4. The summed E-state index contributed by atoms with van der Waals surface area (Å²) in [6, 6.07) is -3.55. The fraction of sp³-hybridized carbons (Fsp3) is 0.815. The Morgan fingerprint density at radius 1 is 0.865 bits per heavy atom. The minimum Gasteiger partial charge on any atom is -0.368 e. The molecular formula is C27H45N5O5. The zero-order valence-electron chi connectivity index (χ0n) is 22.6. The van der Waals surface area contributed by atoms with Crippen LogP contribution in [0.1, 0.15) is 91.4 Å². The third kappa shape index (κ3) is 7.30. The lowest BCUT2D eigenvalue weighted by Gasteiger charge is -2.35. The molecule has 4 atom stereocenters. The first-order valence-electron chi connectivity index (χ1n) is 13.9. The highest BCUT2D eigenvalue weighted by Gasteiger charge is 2.44. The van der Waals surface area contributed by atoms with E-state index in [0.717, 1.165) is 64.2 Å². The lowest BCUT2D eigenvalue weighted by Crippen LogP contribution is -2.60. The van der Waals surface area contributed by atoms with Crippen molar-refractivity contribution < 1.29 is 24.0 Å². The number of likely N-dealkylation sites (tertiary alicyclic amines) is 1. The third-order valence-corrected chi connectivity index (χ3v) is 8.36. The molecule has 0 aromatic carbocycles. The Kier molecular flexibility index (Phi) is 9.72. The van der Waals surface area contributed by atoms with Crippen LogP contribution in [0.5, 0.6) is 0 Å². The number of hydrogen-bond donors (Lipinski definition) is 4. The normalized spacial score (nSPS) is 24.3.